The van der Waals surface area contributed by atoms with Crippen molar-refractivity contribution in [3.63, 3.8) is 0 Å². The van der Waals surface area contributed by atoms with Gasteiger partial charge in [-0.3, -0.25) is 4.79 Å². The molecule has 0 spiro atoms. The summed E-state index contributed by atoms with van der Waals surface area (Å²) in [6.07, 6.45) is 1.71. The van der Waals surface area contributed by atoms with Crippen LogP contribution in [0.1, 0.15) is 12.8 Å². The van der Waals surface area contributed by atoms with E-state index in [1.165, 1.54) is 0 Å². The summed E-state index contributed by atoms with van der Waals surface area (Å²) in [6, 6.07) is 0. The topological polar surface area (TPSA) is 64.8 Å². The van der Waals surface area contributed by atoms with E-state index in [0.717, 1.165) is 12.8 Å². The first-order valence-electron chi connectivity index (χ1n) is 5.99. The summed E-state index contributed by atoms with van der Waals surface area (Å²) in [6.45, 7) is 3.86. The Hall–Kier alpha value is -0.650. The molecule has 5 nitrogen and oxygen atoms in total. The second-order valence-corrected chi connectivity index (χ2v) is 4.40. The van der Waals surface area contributed by atoms with Crippen molar-refractivity contribution in [2.24, 2.45) is 11.7 Å². The summed E-state index contributed by atoms with van der Waals surface area (Å²) >= 11 is 0. The van der Waals surface area contributed by atoms with E-state index < -0.39 is 0 Å². The minimum Gasteiger partial charge on any atom is -0.381 e. The van der Waals surface area contributed by atoms with E-state index in [1.54, 1.807) is 0 Å². The van der Waals surface area contributed by atoms with Gasteiger partial charge < -0.3 is 20.1 Å². The molecule has 0 aromatic rings. The predicted molar refractivity (Wildman–Crippen MR) is 58.9 cm³/mol. The average Bonchev–Trinajstić information content (AvgIpc) is 2.39. The van der Waals surface area contributed by atoms with Crippen molar-refractivity contribution >= 4 is 5.91 Å². The smallest absolute Gasteiger partial charge is 0.226 e. The molecule has 0 bridgehead atoms. The molecule has 1 amide bonds. The lowest BCUT2D eigenvalue weighted by Gasteiger charge is -2.35. The number of ether oxygens (including phenoxy) is 2. The van der Waals surface area contributed by atoms with E-state index in [9.17, 15) is 4.79 Å². The van der Waals surface area contributed by atoms with Gasteiger partial charge in [0, 0.05) is 38.8 Å². The van der Waals surface area contributed by atoms with E-state index in [4.69, 9.17) is 15.2 Å². The second kappa shape index (κ2) is 5.61. The van der Waals surface area contributed by atoms with Gasteiger partial charge in [0.2, 0.25) is 5.91 Å². The Morgan fingerprint density at radius 3 is 2.75 bits per heavy atom. The molecule has 16 heavy (non-hydrogen) atoms. The van der Waals surface area contributed by atoms with Gasteiger partial charge in [-0.2, -0.15) is 0 Å². The summed E-state index contributed by atoms with van der Waals surface area (Å²) in [7, 11) is 0. The third-order valence-electron chi connectivity index (χ3n) is 3.28. The number of rotatable bonds is 2. The highest BCUT2D eigenvalue weighted by Crippen LogP contribution is 2.19. The Morgan fingerprint density at radius 1 is 1.31 bits per heavy atom. The van der Waals surface area contributed by atoms with Gasteiger partial charge in [-0.15, -0.1) is 0 Å². The highest BCUT2D eigenvalue weighted by molar-refractivity contribution is 5.79. The SMILES string of the molecule is NCC1CN(C(=O)C2CCOCC2)CCO1. The number of nitrogens with zero attached hydrogens (tertiary/aromatic N) is 1. The van der Waals surface area contributed by atoms with Crippen molar-refractivity contribution in [2.45, 2.75) is 18.9 Å². The van der Waals surface area contributed by atoms with Crippen molar-refractivity contribution < 1.29 is 14.3 Å². The van der Waals surface area contributed by atoms with E-state index in [1.807, 2.05) is 4.90 Å². The van der Waals surface area contributed by atoms with Crippen LogP contribution in [0.4, 0.5) is 0 Å². The van der Waals surface area contributed by atoms with E-state index in [2.05, 4.69) is 0 Å². The van der Waals surface area contributed by atoms with Gasteiger partial charge in [0.15, 0.2) is 0 Å². The summed E-state index contributed by atoms with van der Waals surface area (Å²) in [4.78, 5) is 14.1. The molecule has 0 aromatic carbocycles. The van der Waals surface area contributed by atoms with Crippen LogP contribution in [0.2, 0.25) is 0 Å². The Kier molecular flexibility index (Phi) is 4.15. The fourth-order valence-corrected chi connectivity index (χ4v) is 2.26. The second-order valence-electron chi connectivity index (χ2n) is 4.40. The van der Waals surface area contributed by atoms with Gasteiger partial charge in [0.05, 0.1) is 12.7 Å². The molecule has 2 fully saturated rings. The minimum atomic E-state index is 0.0116. The molecule has 2 aliphatic rings. The predicted octanol–water partition coefficient (Wildman–Crippen LogP) is -0.401. The van der Waals surface area contributed by atoms with Gasteiger partial charge in [-0.1, -0.05) is 0 Å². The number of nitrogens with two attached hydrogens (primary N) is 1. The van der Waals surface area contributed by atoms with E-state index in [-0.39, 0.29) is 17.9 Å². The lowest BCUT2D eigenvalue weighted by molar-refractivity contribution is -0.145. The summed E-state index contributed by atoms with van der Waals surface area (Å²) in [5.41, 5.74) is 5.56. The van der Waals surface area contributed by atoms with Crippen molar-refractivity contribution in [1.29, 1.82) is 0 Å². The number of carbonyl (C=O) groups is 1. The molecule has 0 aliphatic carbocycles. The van der Waals surface area contributed by atoms with Crippen molar-refractivity contribution in [2.75, 3.05) is 39.5 Å². The molecular formula is C11H20N2O3. The quantitative estimate of drug-likeness (QED) is 0.698. The van der Waals surface area contributed by atoms with Crippen LogP contribution in [-0.2, 0) is 14.3 Å². The molecule has 2 N–H and O–H groups in total. The maximum Gasteiger partial charge on any atom is 0.226 e. The van der Waals surface area contributed by atoms with Gasteiger partial charge in [0.1, 0.15) is 0 Å². The molecule has 92 valence electrons. The van der Waals surface area contributed by atoms with Gasteiger partial charge in [-0.25, -0.2) is 0 Å². The van der Waals surface area contributed by atoms with Crippen LogP contribution in [0.25, 0.3) is 0 Å². The number of carbonyl (C=O) groups excluding carboxylic acids is 1. The summed E-state index contributed by atoms with van der Waals surface area (Å²) in [5.74, 6) is 0.398. The van der Waals surface area contributed by atoms with Gasteiger partial charge >= 0.3 is 0 Å². The fourth-order valence-electron chi connectivity index (χ4n) is 2.26. The number of amides is 1. The molecule has 2 aliphatic heterocycles. The van der Waals surface area contributed by atoms with Crippen molar-refractivity contribution in [1.82, 2.24) is 4.90 Å². The molecule has 2 saturated heterocycles. The van der Waals surface area contributed by atoms with Crippen molar-refractivity contribution in [3.05, 3.63) is 0 Å². The number of morpholine rings is 1. The largest absolute Gasteiger partial charge is 0.381 e. The average molecular weight is 228 g/mol. The van der Waals surface area contributed by atoms with Crippen LogP contribution in [0.5, 0.6) is 0 Å². The maximum atomic E-state index is 12.2. The molecule has 0 saturated carbocycles. The van der Waals surface area contributed by atoms with Gasteiger partial charge in [0.25, 0.3) is 0 Å². The first-order valence-corrected chi connectivity index (χ1v) is 5.99. The molecule has 0 aromatic heterocycles. The van der Waals surface area contributed by atoms with Crippen LogP contribution < -0.4 is 5.73 Å². The summed E-state index contributed by atoms with van der Waals surface area (Å²) in [5, 5.41) is 0. The molecule has 1 atom stereocenters. The number of hydrogen-bond acceptors (Lipinski definition) is 4. The zero-order valence-corrected chi connectivity index (χ0v) is 9.56. The normalized spacial score (nSPS) is 28.1. The molecule has 5 heteroatoms. The Bertz CT molecular complexity index is 241. The molecule has 1 unspecified atom stereocenters. The first-order chi connectivity index (χ1) is 7.81. The van der Waals surface area contributed by atoms with Crippen LogP contribution >= 0.6 is 0 Å². The summed E-state index contributed by atoms with van der Waals surface area (Å²) < 4.78 is 10.7. The molecule has 0 radical (unpaired) electrons. The lowest BCUT2D eigenvalue weighted by atomic mass is 9.98. The zero-order valence-electron chi connectivity index (χ0n) is 9.56. The van der Waals surface area contributed by atoms with Gasteiger partial charge in [-0.05, 0) is 12.8 Å². The monoisotopic (exact) mass is 228 g/mol. The van der Waals surface area contributed by atoms with Crippen LogP contribution in [-0.4, -0.2) is 56.4 Å². The van der Waals surface area contributed by atoms with Crippen LogP contribution in [0.15, 0.2) is 0 Å². The number of hydrogen-bond donors (Lipinski definition) is 1. The third-order valence-corrected chi connectivity index (χ3v) is 3.28. The highest BCUT2D eigenvalue weighted by atomic mass is 16.5. The van der Waals surface area contributed by atoms with Crippen LogP contribution in [0.3, 0.4) is 0 Å². The fraction of sp³-hybridized carbons (Fsp3) is 0.909. The first kappa shape index (κ1) is 11.8. The molecule has 2 rings (SSSR count). The zero-order chi connectivity index (χ0) is 11.4. The maximum absolute atomic E-state index is 12.2. The minimum absolute atomic E-state index is 0.0116. The van der Waals surface area contributed by atoms with Crippen LogP contribution in [0, 0.1) is 5.92 Å². The molecular weight excluding hydrogens is 208 g/mol. The lowest BCUT2D eigenvalue weighted by Crippen LogP contribution is -2.50. The standard InChI is InChI=1S/C11H20N2O3/c12-7-10-8-13(3-6-16-10)11(14)9-1-4-15-5-2-9/h9-10H,1-8,12H2. The van der Waals surface area contributed by atoms with Crippen molar-refractivity contribution in [3.8, 4) is 0 Å². The Labute approximate surface area is 95.9 Å². The van der Waals surface area contributed by atoms with E-state index in [0.29, 0.717) is 39.5 Å². The highest BCUT2D eigenvalue weighted by Gasteiger charge is 2.29. The van der Waals surface area contributed by atoms with E-state index >= 15 is 0 Å². The Morgan fingerprint density at radius 2 is 2.06 bits per heavy atom. The molecule has 2 heterocycles. The third kappa shape index (κ3) is 2.72. The Balaban J connectivity index is 1.87.